The molecule has 0 aromatic heterocycles. The average Bonchev–Trinajstić information content (AvgIpc) is 2.45. The molecule has 1 heterocycles. The van der Waals surface area contributed by atoms with Crippen LogP contribution in [0.1, 0.15) is 13.3 Å². The molecule has 122 valence electrons. The Morgan fingerprint density at radius 1 is 1.33 bits per heavy atom. The van der Waals surface area contributed by atoms with Crippen LogP contribution < -0.4 is 0 Å². The van der Waals surface area contributed by atoms with Gasteiger partial charge in [0.25, 0.3) is 0 Å². The summed E-state index contributed by atoms with van der Waals surface area (Å²) < 4.78 is 30.5. The van der Waals surface area contributed by atoms with Crippen LogP contribution in [0.15, 0.2) is 0 Å². The highest BCUT2D eigenvalue weighted by Gasteiger charge is 2.26. The van der Waals surface area contributed by atoms with Crippen molar-refractivity contribution in [2.75, 3.05) is 45.6 Å². The smallest absolute Gasteiger partial charge is 0.308 e. The first-order chi connectivity index (χ1) is 9.74. The number of carboxylic acids is 1. The monoisotopic (exact) mass is 322 g/mol. The van der Waals surface area contributed by atoms with Gasteiger partial charge in [-0.05, 0) is 0 Å². The van der Waals surface area contributed by atoms with E-state index >= 15 is 0 Å². The van der Waals surface area contributed by atoms with Gasteiger partial charge in [0.2, 0.25) is 15.9 Å². The van der Waals surface area contributed by atoms with E-state index in [-0.39, 0.29) is 24.6 Å². The summed E-state index contributed by atoms with van der Waals surface area (Å²) in [6.45, 7) is 2.90. The van der Waals surface area contributed by atoms with Crippen LogP contribution in [-0.2, 0) is 24.3 Å². The van der Waals surface area contributed by atoms with E-state index in [2.05, 4.69) is 0 Å². The molecule has 1 N–H and O–H groups in total. The maximum absolute atomic E-state index is 12.0. The van der Waals surface area contributed by atoms with Crippen molar-refractivity contribution in [2.45, 2.75) is 13.3 Å². The number of aliphatic carboxylic acids is 1. The van der Waals surface area contributed by atoms with Crippen LogP contribution in [0, 0.1) is 5.92 Å². The van der Waals surface area contributed by atoms with Crippen LogP contribution in [-0.4, -0.2) is 80.3 Å². The maximum Gasteiger partial charge on any atom is 0.308 e. The lowest BCUT2D eigenvalue weighted by molar-refractivity contribution is -0.142. The highest BCUT2D eigenvalue weighted by molar-refractivity contribution is 7.89. The third-order valence-corrected chi connectivity index (χ3v) is 5.20. The van der Waals surface area contributed by atoms with Crippen LogP contribution in [0.5, 0.6) is 0 Å². The quantitative estimate of drug-likeness (QED) is 0.659. The van der Waals surface area contributed by atoms with Crippen molar-refractivity contribution in [1.29, 1.82) is 0 Å². The van der Waals surface area contributed by atoms with Gasteiger partial charge in [-0.3, -0.25) is 9.59 Å². The summed E-state index contributed by atoms with van der Waals surface area (Å²) in [5, 5.41) is 8.79. The normalized spacial score (nSPS) is 18.2. The lowest BCUT2D eigenvalue weighted by Crippen LogP contribution is -2.43. The van der Waals surface area contributed by atoms with Crippen molar-refractivity contribution in [3.05, 3.63) is 0 Å². The molecular formula is C12H22N2O6S. The van der Waals surface area contributed by atoms with Crippen LogP contribution in [0.25, 0.3) is 0 Å². The second-order valence-corrected chi connectivity index (χ2v) is 7.18. The summed E-state index contributed by atoms with van der Waals surface area (Å²) in [7, 11) is -1.99. The van der Waals surface area contributed by atoms with E-state index < -0.39 is 21.9 Å². The van der Waals surface area contributed by atoms with Gasteiger partial charge in [-0.25, -0.2) is 8.42 Å². The summed E-state index contributed by atoms with van der Waals surface area (Å²) in [6, 6.07) is 0. The molecular weight excluding hydrogens is 300 g/mol. The Morgan fingerprint density at radius 2 is 1.90 bits per heavy atom. The van der Waals surface area contributed by atoms with E-state index in [1.807, 2.05) is 0 Å². The van der Waals surface area contributed by atoms with Gasteiger partial charge < -0.3 is 14.7 Å². The number of carboxylic acid groups (broad SMARTS) is 1. The van der Waals surface area contributed by atoms with Crippen molar-refractivity contribution in [3.63, 3.8) is 0 Å². The molecule has 1 rings (SSSR count). The van der Waals surface area contributed by atoms with E-state index in [9.17, 15) is 18.0 Å². The predicted octanol–water partition coefficient (Wildman–Crippen LogP) is -0.782. The number of carbonyl (C=O) groups excluding carboxylic acids is 1. The lowest BCUT2D eigenvalue weighted by Gasteiger charge is -2.26. The predicted molar refractivity (Wildman–Crippen MR) is 75.2 cm³/mol. The number of amides is 1. The molecule has 1 amide bonds. The molecule has 21 heavy (non-hydrogen) atoms. The number of sulfonamides is 1. The second-order valence-electron chi connectivity index (χ2n) is 5.09. The van der Waals surface area contributed by atoms with Crippen LogP contribution in [0.2, 0.25) is 0 Å². The molecule has 0 radical (unpaired) electrons. The first-order valence-electron chi connectivity index (χ1n) is 6.76. The minimum absolute atomic E-state index is 0.0613. The fourth-order valence-corrected chi connectivity index (χ4v) is 3.35. The third-order valence-electron chi connectivity index (χ3n) is 3.33. The number of carbonyl (C=O) groups is 2. The molecule has 1 aliphatic heterocycles. The molecule has 9 heteroatoms. The molecule has 1 fully saturated rings. The SMILES string of the molecule is CC(CN(C)C(=O)CCS(=O)(=O)N1CCOCC1)C(=O)O. The molecule has 0 saturated carbocycles. The molecule has 1 saturated heterocycles. The van der Waals surface area contributed by atoms with Gasteiger partial charge in [0.05, 0.1) is 24.9 Å². The largest absolute Gasteiger partial charge is 0.481 e. The molecule has 0 aliphatic carbocycles. The topological polar surface area (TPSA) is 104 Å². The molecule has 1 aliphatic rings. The van der Waals surface area contributed by atoms with Crippen LogP contribution in [0.3, 0.4) is 0 Å². The third kappa shape index (κ3) is 5.60. The Kier molecular flexibility index (Phi) is 6.56. The molecule has 0 spiro atoms. The summed E-state index contributed by atoms with van der Waals surface area (Å²) in [4.78, 5) is 23.8. The molecule has 1 unspecified atom stereocenters. The Bertz CT molecular complexity index is 472. The number of hydrogen-bond donors (Lipinski definition) is 1. The van der Waals surface area contributed by atoms with E-state index in [0.29, 0.717) is 26.3 Å². The van der Waals surface area contributed by atoms with E-state index in [1.54, 1.807) is 0 Å². The zero-order valence-electron chi connectivity index (χ0n) is 12.3. The zero-order valence-corrected chi connectivity index (χ0v) is 13.1. The highest BCUT2D eigenvalue weighted by atomic mass is 32.2. The van der Waals surface area contributed by atoms with Crippen molar-refractivity contribution in [1.82, 2.24) is 9.21 Å². The molecule has 0 bridgehead atoms. The van der Waals surface area contributed by atoms with Gasteiger partial charge in [-0.15, -0.1) is 0 Å². The second kappa shape index (κ2) is 7.71. The first kappa shape index (κ1) is 17.9. The van der Waals surface area contributed by atoms with Gasteiger partial charge in [0.1, 0.15) is 0 Å². The molecule has 1 atom stereocenters. The van der Waals surface area contributed by atoms with Crippen molar-refractivity contribution in [3.8, 4) is 0 Å². The van der Waals surface area contributed by atoms with Crippen LogP contribution >= 0.6 is 0 Å². The molecule has 8 nitrogen and oxygen atoms in total. The maximum atomic E-state index is 12.0. The van der Waals surface area contributed by atoms with Crippen molar-refractivity contribution < 1.29 is 27.9 Å². The van der Waals surface area contributed by atoms with Crippen molar-refractivity contribution in [2.24, 2.45) is 5.92 Å². The Morgan fingerprint density at radius 3 is 2.43 bits per heavy atom. The van der Waals surface area contributed by atoms with Crippen LogP contribution in [0.4, 0.5) is 0 Å². The highest BCUT2D eigenvalue weighted by Crippen LogP contribution is 2.08. The number of rotatable bonds is 7. The fraction of sp³-hybridized carbons (Fsp3) is 0.833. The van der Waals surface area contributed by atoms with Gasteiger partial charge in [-0.2, -0.15) is 4.31 Å². The Labute approximate surface area is 124 Å². The standard InChI is InChI=1S/C12H22N2O6S/c1-10(12(16)17)9-13(2)11(15)3-8-21(18,19)14-4-6-20-7-5-14/h10H,3-9H2,1-2H3,(H,16,17). The van der Waals surface area contributed by atoms with Gasteiger partial charge >= 0.3 is 5.97 Å². The minimum atomic E-state index is -3.47. The summed E-state index contributed by atoms with van der Waals surface area (Å²) in [5.41, 5.74) is 0. The number of nitrogens with zero attached hydrogens (tertiary/aromatic N) is 2. The lowest BCUT2D eigenvalue weighted by atomic mass is 10.2. The molecule has 0 aromatic carbocycles. The Hall–Kier alpha value is -1.19. The summed E-state index contributed by atoms with van der Waals surface area (Å²) in [6.07, 6.45) is -0.150. The number of morpholine rings is 1. The summed E-state index contributed by atoms with van der Waals surface area (Å²) >= 11 is 0. The molecule has 0 aromatic rings. The van der Waals surface area contributed by atoms with E-state index in [1.165, 1.54) is 23.2 Å². The van der Waals surface area contributed by atoms with E-state index in [4.69, 9.17) is 9.84 Å². The van der Waals surface area contributed by atoms with E-state index in [0.717, 1.165) is 0 Å². The minimum Gasteiger partial charge on any atom is -0.481 e. The fourth-order valence-electron chi connectivity index (χ4n) is 1.95. The van der Waals surface area contributed by atoms with Gasteiger partial charge in [-0.1, -0.05) is 6.92 Å². The number of ether oxygens (including phenoxy) is 1. The summed E-state index contributed by atoms with van der Waals surface area (Å²) in [5.74, 6) is -2.32. The zero-order chi connectivity index (χ0) is 16.0. The number of hydrogen-bond acceptors (Lipinski definition) is 5. The van der Waals surface area contributed by atoms with Gasteiger partial charge in [0, 0.05) is 33.1 Å². The Balaban J connectivity index is 2.45. The van der Waals surface area contributed by atoms with Gasteiger partial charge in [0.15, 0.2) is 0 Å². The average molecular weight is 322 g/mol. The van der Waals surface area contributed by atoms with Crippen molar-refractivity contribution >= 4 is 21.9 Å². The first-order valence-corrected chi connectivity index (χ1v) is 8.37.